The summed E-state index contributed by atoms with van der Waals surface area (Å²) in [6.07, 6.45) is 5.29. The van der Waals surface area contributed by atoms with Crippen LogP contribution in [0.4, 0.5) is 21.0 Å². The Morgan fingerprint density at radius 3 is 2.40 bits per heavy atom. The molecule has 3 fully saturated rings. The number of nitrogens with zero attached hydrogens (tertiary/aromatic N) is 4. The highest BCUT2D eigenvalue weighted by Crippen LogP contribution is 2.34. The van der Waals surface area contributed by atoms with Crippen LogP contribution in [0.1, 0.15) is 69.1 Å². The molecule has 3 saturated heterocycles. The molecule has 11 heteroatoms. The van der Waals surface area contributed by atoms with Gasteiger partial charge in [-0.3, -0.25) is 4.79 Å². The van der Waals surface area contributed by atoms with Gasteiger partial charge in [0, 0.05) is 63.5 Å². The summed E-state index contributed by atoms with van der Waals surface area (Å²) in [4.78, 5) is 49.2. The Morgan fingerprint density at radius 1 is 0.940 bits per heavy atom. The fraction of sp³-hybridized carbons (Fsp3) is 0.615. The van der Waals surface area contributed by atoms with E-state index in [0.717, 1.165) is 72.7 Å². The van der Waals surface area contributed by atoms with Crippen molar-refractivity contribution in [2.24, 2.45) is 5.41 Å². The molecule has 0 radical (unpaired) electrons. The minimum absolute atomic E-state index is 0.0325. The fourth-order valence-electron chi connectivity index (χ4n) is 8.46. The van der Waals surface area contributed by atoms with Crippen LogP contribution in [0.15, 0.2) is 36.4 Å². The smallest absolute Gasteiger partial charge is 0.410 e. The van der Waals surface area contributed by atoms with Crippen LogP contribution in [0.5, 0.6) is 5.75 Å². The third-order valence-electron chi connectivity index (χ3n) is 11.7. The zero-order valence-corrected chi connectivity index (χ0v) is 30.0. The van der Waals surface area contributed by atoms with Gasteiger partial charge in [-0.15, -0.1) is 0 Å². The Kier molecular flexibility index (Phi) is 10.1. The lowest BCUT2D eigenvalue weighted by Crippen LogP contribution is -2.53. The lowest BCUT2D eigenvalue weighted by molar-refractivity contribution is -0.142. The first-order chi connectivity index (χ1) is 24.1. The van der Waals surface area contributed by atoms with Crippen LogP contribution in [-0.2, 0) is 22.4 Å². The van der Waals surface area contributed by atoms with E-state index in [9.17, 15) is 14.4 Å². The van der Waals surface area contributed by atoms with Gasteiger partial charge >= 0.3 is 12.1 Å². The number of hydrogen-bond acceptors (Lipinski definition) is 7. The fourth-order valence-corrected chi connectivity index (χ4v) is 8.46. The van der Waals surface area contributed by atoms with Crippen molar-refractivity contribution in [2.75, 3.05) is 69.6 Å². The van der Waals surface area contributed by atoms with Gasteiger partial charge in [-0.25, -0.2) is 9.59 Å². The first-order valence-electron chi connectivity index (χ1n) is 18.8. The van der Waals surface area contributed by atoms with E-state index >= 15 is 0 Å². The number of para-hydroxylation sites is 1. The second kappa shape index (κ2) is 14.7. The molecule has 5 heterocycles. The van der Waals surface area contributed by atoms with Crippen molar-refractivity contribution in [3.05, 3.63) is 53.1 Å². The van der Waals surface area contributed by atoms with Gasteiger partial charge in [0.25, 0.3) is 5.91 Å². The molecule has 0 saturated carbocycles. The summed E-state index contributed by atoms with van der Waals surface area (Å²) in [5.41, 5.74) is 5.35. The maximum absolute atomic E-state index is 14.2. The van der Waals surface area contributed by atoms with Crippen LogP contribution in [0.3, 0.4) is 0 Å². The monoisotopic (exact) mass is 686 g/mol. The Labute approximate surface area is 296 Å². The zero-order chi connectivity index (χ0) is 34.8. The summed E-state index contributed by atoms with van der Waals surface area (Å²) in [6.45, 7) is 13.2. The van der Waals surface area contributed by atoms with Gasteiger partial charge in [0.15, 0.2) is 6.10 Å². The van der Waals surface area contributed by atoms with E-state index in [1.54, 1.807) is 4.90 Å². The maximum atomic E-state index is 14.2. The number of piperidine rings is 3. The molecular formula is C39H54N6O5. The first-order valence-corrected chi connectivity index (χ1v) is 18.8. The van der Waals surface area contributed by atoms with E-state index in [-0.39, 0.29) is 24.4 Å². The van der Waals surface area contributed by atoms with Gasteiger partial charge in [-0.1, -0.05) is 38.1 Å². The van der Waals surface area contributed by atoms with E-state index in [2.05, 4.69) is 41.5 Å². The molecule has 0 aliphatic carbocycles. The summed E-state index contributed by atoms with van der Waals surface area (Å²) >= 11 is 0. The second-order valence-corrected chi connectivity index (χ2v) is 15.6. The van der Waals surface area contributed by atoms with Crippen molar-refractivity contribution in [3.63, 3.8) is 0 Å². The van der Waals surface area contributed by atoms with Gasteiger partial charge in [0.2, 0.25) is 0 Å². The topological polar surface area (TPSA) is 107 Å². The minimum atomic E-state index is -0.934. The number of rotatable bonds is 6. The minimum Gasteiger partial charge on any atom is -0.490 e. The number of anilines is 2. The molecule has 0 unspecified atom stereocenters. The summed E-state index contributed by atoms with van der Waals surface area (Å²) in [5.74, 6) is 0.652. The first kappa shape index (κ1) is 34.5. The zero-order valence-electron chi connectivity index (χ0n) is 30.0. The number of urea groups is 1. The number of ether oxygens (including phenoxy) is 2. The Balaban J connectivity index is 0.995. The van der Waals surface area contributed by atoms with Crippen molar-refractivity contribution >= 4 is 29.4 Å². The predicted molar refractivity (Wildman–Crippen MR) is 194 cm³/mol. The molecule has 7 rings (SSSR count). The number of nitrogens with one attached hydrogen (secondary N) is 2. The van der Waals surface area contributed by atoms with Gasteiger partial charge in [-0.05, 0) is 99.2 Å². The van der Waals surface area contributed by atoms with Gasteiger partial charge in [0.1, 0.15) is 12.4 Å². The average Bonchev–Trinajstić information content (AvgIpc) is 3.29. The number of aryl methyl sites for hydroxylation is 1. The molecule has 0 bridgehead atoms. The number of hydrogen-bond donors (Lipinski definition) is 2. The lowest BCUT2D eigenvalue weighted by Gasteiger charge is -2.44. The predicted octanol–water partition coefficient (Wildman–Crippen LogP) is 5.51. The van der Waals surface area contributed by atoms with Crippen molar-refractivity contribution in [1.29, 1.82) is 0 Å². The van der Waals surface area contributed by atoms with Crippen molar-refractivity contribution in [2.45, 2.75) is 90.3 Å². The van der Waals surface area contributed by atoms with Crippen LogP contribution in [-0.4, -0.2) is 115 Å². The normalized spacial score (nSPS) is 22.3. The Bertz CT molecular complexity index is 1550. The molecule has 5 aliphatic heterocycles. The largest absolute Gasteiger partial charge is 0.490 e. The Hall–Kier alpha value is -3.99. The molecule has 270 valence electrons. The van der Waals surface area contributed by atoms with Gasteiger partial charge in [0.05, 0.1) is 5.69 Å². The van der Waals surface area contributed by atoms with E-state index in [0.29, 0.717) is 63.6 Å². The van der Waals surface area contributed by atoms with Crippen LogP contribution in [0, 0.1) is 12.3 Å². The van der Waals surface area contributed by atoms with Crippen LogP contribution < -0.4 is 15.4 Å². The van der Waals surface area contributed by atoms with Crippen LogP contribution in [0.2, 0.25) is 0 Å². The number of benzene rings is 2. The summed E-state index contributed by atoms with van der Waals surface area (Å²) < 4.78 is 12.1. The number of carbonyl (C=O) groups is 3. The number of fused-ring (bicyclic) bond motifs is 2. The van der Waals surface area contributed by atoms with E-state index in [4.69, 9.17) is 9.47 Å². The summed E-state index contributed by atoms with van der Waals surface area (Å²) in [6, 6.07) is 12.4. The third-order valence-corrected chi connectivity index (χ3v) is 11.7. The summed E-state index contributed by atoms with van der Waals surface area (Å²) in [7, 11) is 0. The van der Waals surface area contributed by atoms with E-state index in [1.165, 1.54) is 12.8 Å². The Morgan fingerprint density at radius 2 is 1.64 bits per heavy atom. The average molecular weight is 687 g/mol. The molecule has 0 spiro atoms. The van der Waals surface area contributed by atoms with Gasteiger partial charge < -0.3 is 39.7 Å². The lowest BCUT2D eigenvalue weighted by atomic mass is 9.82. The van der Waals surface area contributed by atoms with E-state index < -0.39 is 12.2 Å². The highest BCUT2D eigenvalue weighted by atomic mass is 16.6. The van der Waals surface area contributed by atoms with Crippen molar-refractivity contribution < 1.29 is 23.9 Å². The number of likely N-dealkylation sites (tertiary alicyclic amines) is 3. The van der Waals surface area contributed by atoms with Gasteiger partial charge in [-0.2, -0.15) is 0 Å². The van der Waals surface area contributed by atoms with Crippen molar-refractivity contribution in [1.82, 2.24) is 19.6 Å². The standard InChI is InChI=1S/C39H54N6O5/c1-27-24-28(25-33-35(27)40-15-23-49-33)26-34(36(46)43-16-9-30(10-17-43)42-21-13-39(2,3)14-22-42)50-38(48)44-18-11-31(12-19-44)45-20-8-29-6-4-5-7-32(29)41-37(45)47/h4-7,24-25,30-31,34,40H,8-23,26H2,1-3H3,(H,41,47)/t34-/m1/s1. The number of carbonyl (C=O) groups excluding carboxylic acids is 3. The molecule has 0 aromatic heterocycles. The molecule has 11 nitrogen and oxygen atoms in total. The SMILES string of the molecule is Cc1cc(C[C@@H](OC(=O)N2CCC(N3CCc4ccccc4NC3=O)CC2)C(=O)N2CCC(N3CCC(C)(C)CC3)CC2)cc2c1NCCO2. The van der Waals surface area contributed by atoms with Crippen LogP contribution >= 0.6 is 0 Å². The van der Waals surface area contributed by atoms with E-state index in [1.807, 2.05) is 41.0 Å². The third kappa shape index (κ3) is 7.67. The highest BCUT2D eigenvalue weighted by Gasteiger charge is 2.37. The quantitative estimate of drug-likeness (QED) is 0.413. The molecule has 5 aliphatic rings. The van der Waals surface area contributed by atoms with Crippen LogP contribution in [0.25, 0.3) is 0 Å². The molecule has 4 amide bonds. The number of amides is 4. The second-order valence-electron chi connectivity index (χ2n) is 15.6. The molecule has 2 aromatic carbocycles. The summed E-state index contributed by atoms with van der Waals surface area (Å²) in [5, 5.41) is 6.48. The molecule has 2 N–H and O–H groups in total. The molecular weight excluding hydrogens is 632 g/mol. The molecule has 50 heavy (non-hydrogen) atoms. The molecule has 2 aromatic rings. The highest BCUT2D eigenvalue weighted by molar-refractivity contribution is 5.91. The maximum Gasteiger partial charge on any atom is 0.410 e. The molecule has 1 atom stereocenters. The van der Waals surface area contributed by atoms with Crippen molar-refractivity contribution in [3.8, 4) is 5.75 Å².